The van der Waals surface area contributed by atoms with Crippen LogP contribution in [0, 0.1) is 0 Å². The Balaban J connectivity index is 0.00000166. The number of carbonyl (C=O) groups excluding carboxylic acids is 2. The van der Waals surface area contributed by atoms with Gasteiger partial charge in [0.25, 0.3) is 5.91 Å². The van der Waals surface area contributed by atoms with Gasteiger partial charge in [-0.15, -0.1) is 0 Å². The number of anilines is 1. The second-order valence-corrected chi connectivity index (χ2v) is 6.06. The summed E-state index contributed by atoms with van der Waals surface area (Å²) in [4.78, 5) is 23.6. The van der Waals surface area contributed by atoms with Gasteiger partial charge in [-0.3, -0.25) is 9.59 Å². The molecule has 0 saturated heterocycles. The van der Waals surface area contributed by atoms with E-state index in [0.717, 1.165) is 6.29 Å². The van der Waals surface area contributed by atoms with E-state index in [1.54, 1.807) is 73.6 Å². The van der Waals surface area contributed by atoms with E-state index in [0.29, 0.717) is 34.1 Å². The van der Waals surface area contributed by atoms with Gasteiger partial charge in [0.1, 0.15) is 12.1 Å². The minimum absolute atomic E-state index is 0.367. The van der Waals surface area contributed by atoms with E-state index in [1.807, 2.05) is 13.8 Å². The Labute approximate surface area is 181 Å². The molecule has 1 unspecified atom stereocenters. The van der Waals surface area contributed by atoms with Crippen molar-refractivity contribution in [1.29, 1.82) is 0 Å². The summed E-state index contributed by atoms with van der Waals surface area (Å²) in [7, 11) is 4.56. The number of methoxy groups -OCH3 is 3. The van der Waals surface area contributed by atoms with Crippen LogP contribution in [0.4, 0.5) is 5.82 Å². The summed E-state index contributed by atoms with van der Waals surface area (Å²) in [5, 5.41) is 7.10. The monoisotopic (exact) mass is 425 g/mol. The first-order valence-electron chi connectivity index (χ1n) is 9.76. The molecule has 8 nitrogen and oxygen atoms in total. The van der Waals surface area contributed by atoms with Gasteiger partial charge < -0.3 is 19.5 Å². The van der Waals surface area contributed by atoms with E-state index in [9.17, 15) is 9.59 Å². The van der Waals surface area contributed by atoms with Gasteiger partial charge in [0.2, 0.25) is 0 Å². The first-order chi connectivity index (χ1) is 15.1. The lowest BCUT2D eigenvalue weighted by Crippen LogP contribution is -2.24. The number of rotatable bonds is 8. The van der Waals surface area contributed by atoms with Gasteiger partial charge in [0.15, 0.2) is 17.6 Å². The quantitative estimate of drug-likeness (QED) is 0.548. The number of ether oxygens (including phenoxy) is 3. The van der Waals surface area contributed by atoms with Crippen LogP contribution >= 0.6 is 0 Å². The normalized spacial score (nSPS) is 11.0. The second-order valence-electron chi connectivity index (χ2n) is 6.06. The van der Waals surface area contributed by atoms with Gasteiger partial charge in [-0.1, -0.05) is 38.1 Å². The van der Waals surface area contributed by atoms with Crippen LogP contribution in [-0.2, 0) is 9.53 Å². The number of nitrogens with zero attached hydrogens (tertiary/aromatic N) is 2. The zero-order valence-electron chi connectivity index (χ0n) is 18.3. The topological polar surface area (TPSA) is 91.7 Å². The molecule has 0 aliphatic heterocycles. The van der Waals surface area contributed by atoms with E-state index in [4.69, 9.17) is 14.2 Å². The maximum Gasteiger partial charge on any atom is 0.259 e. The Morgan fingerprint density at radius 3 is 2.26 bits per heavy atom. The molecule has 0 aliphatic rings. The highest BCUT2D eigenvalue weighted by Crippen LogP contribution is 2.30. The van der Waals surface area contributed by atoms with Crippen molar-refractivity contribution in [2.75, 3.05) is 26.6 Å². The molecule has 0 saturated carbocycles. The first-order valence-corrected chi connectivity index (χ1v) is 9.76. The van der Waals surface area contributed by atoms with Crippen LogP contribution in [0.15, 0.2) is 54.7 Å². The third-order valence-electron chi connectivity index (χ3n) is 4.35. The lowest BCUT2D eigenvalue weighted by molar-refractivity contribution is -0.126. The van der Waals surface area contributed by atoms with Crippen molar-refractivity contribution < 1.29 is 23.8 Å². The number of aromatic nitrogens is 2. The molecule has 0 aliphatic carbocycles. The zero-order chi connectivity index (χ0) is 22.8. The van der Waals surface area contributed by atoms with Crippen molar-refractivity contribution in [2.45, 2.75) is 20.0 Å². The number of aldehydes is 1. The molecule has 2 aromatic carbocycles. The van der Waals surface area contributed by atoms with Gasteiger partial charge in [0, 0.05) is 24.8 Å². The summed E-state index contributed by atoms with van der Waals surface area (Å²) in [6.07, 6.45) is 1.48. The van der Waals surface area contributed by atoms with Crippen LogP contribution in [0.25, 0.3) is 5.69 Å². The van der Waals surface area contributed by atoms with Gasteiger partial charge in [-0.05, 0) is 17.7 Å². The molecule has 1 aromatic heterocycles. The smallest absolute Gasteiger partial charge is 0.259 e. The molecule has 3 aromatic rings. The molecule has 3 rings (SSSR count). The van der Waals surface area contributed by atoms with Crippen molar-refractivity contribution in [2.24, 2.45) is 0 Å². The highest BCUT2D eigenvalue weighted by Gasteiger charge is 2.22. The van der Waals surface area contributed by atoms with E-state index in [-0.39, 0.29) is 5.91 Å². The second kappa shape index (κ2) is 11.5. The van der Waals surface area contributed by atoms with Gasteiger partial charge in [-0.2, -0.15) is 5.10 Å². The molecule has 0 fully saturated rings. The van der Waals surface area contributed by atoms with Gasteiger partial charge >= 0.3 is 0 Å². The highest BCUT2D eigenvalue weighted by atomic mass is 16.5. The summed E-state index contributed by atoms with van der Waals surface area (Å²) >= 11 is 0. The van der Waals surface area contributed by atoms with Crippen molar-refractivity contribution in [3.05, 3.63) is 65.9 Å². The highest BCUT2D eigenvalue weighted by molar-refractivity contribution is 5.94. The van der Waals surface area contributed by atoms with E-state index in [1.165, 1.54) is 7.11 Å². The van der Waals surface area contributed by atoms with Crippen LogP contribution in [-0.4, -0.2) is 43.3 Å². The minimum atomic E-state index is -0.843. The Morgan fingerprint density at radius 2 is 1.68 bits per heavy atom. The Morgan fingerprint density at radius 1 is 1.00 bits per heavy atom. The molecule has 164 valence electrons. The van der Waals surface area contributed by atoms with Crippen molar-refractivity contribution >= 4 is 18.0 Å². The Bertz CT molecular complexity index is 999. The molecular weight excluding hydrogens is 398 g/mol. The van der Waals surface area contributed by atoms with Crippen molar-refractivity contribution in [3.63, 3.8) is 0 Å². The maximum atomic E-state index is 12.8. The largest absolute Gasteiger partial charge is 0.493 e. The minimum Gasteiger partial charge on any atom is -0.493 e. The number of hydrogen-bond donors (Lipinski definition) is 1. The van der Waals surface area contributed by atoms with E-state index < -0.39 is 6.10 Å². The first kappa shape index (κ1) is 23.6. The fraction of sp³-hybridized carbons (Fsp3) is 0.261. The summed E-state index contributed by atoms with van der Waals surface area (Å²) in [6, 6.07) is 13.6. The molecule has 1 N–H and O–H groups in total. The zero-order valence-corrected chi connectivity index (χ0v) is 18.3. The predicted octanol–water partition coefficient (Wildman–Crippen LogP) is 4.05. The van der Waals surface area contributed by atoms with E-state index in [2.05, 4.69) is 10.4 Å². The predicted molar refractivity (Wildman–Crippen MR) is 118 cm³/mol. The van der Waals surface area contributed by atoms with Crippen molar-refractivity contribution in [3.8, 4) is 17.2 Å². The molecule has 0 spiro atoms. The van der Waals surface area contributed by atoms with Gasteiger partial charge in [0.05, 0.1) is 26.1 Å². The number of carbonyl (C=O) groups is 2. The average Bonchev–Trinajstić information content (AvgIpc) is 3.28. The molecule has 31 heavy (non-hydrogen) atoms. The van der Waals surface area contributed by atoms with Crippen LogP contribution in [0.5, 0.6) is 11.5 Å². The molecule has 1 heterocycles. The molecule has 0 bridgehead atoms. The van der Waals surface area contributed by atoms with Crippen LogP contribution in [0.2, 0.25) is 0 Å². The number of nitrogens with one attached hydrogen (secondary N) is 1. The lowest BCUT2D eigenvalue weighted by atomic mass is 10.1. The maximum absolute atomic E-state index is 12.8. The molecule has 1 amide bonds. The third kappa shape index (κ3) is 5.49. The van der Waals surface area contributed by atoms with Crippen LogP contribution in [0.1, 0.15) is 35.9 Å². The Hall–Kier alpha value is -3.65. The van der Waals surface area contributed by atoms with Gasteiger partial charge in [-0.25, -0.2) is 4.68 Å². The fourth-order valence-corrected chi connectivity index (χ4v) is 2.90. The lowest BCUT2D eigenvalue weighted by Gasteiger charge is -2.17. The summed E-state index contributed by atoms with van der Waals surface area (Å²) < 4.78 is 17.5. The number of amides is 1. The molecule has 1 atom stereocenters. The molecule has 0 radical (unpaired) electrons. The fourth-order valence-electron chi connectivity index (χ4n) is 2.90. The Kier molecular flexibility index (Phi) is 8.78. The molecule has 8 heteroatoms. The molecular formula is C23H27N3O5. The summed E-state index contributed by atoms with van der Waals surface area (Å²) in [6.45, 7) is 4.00. The SMILES string of the molecule is CC.COc1ccc(-n2nccc2NC(=O)C(OC)c2ccc(C=O)cc2)cc1OC. The third-order valence-corrected chi connectivity index (χ3v) is 4.35. The number of benzene rings is 2. The number of hydrogen-bond acceptors (Lipinski definition) is 6. The summed E-state index contributed by atoms with van der Waals surface area (Å²) in [5.41, 5.74) is 1.84. The van der Waals surface area contributed by atoms with Crippen LogP contribution in [0.3, 0.4) is 0 Å². The summed E-state index contributed by atoms with van der Waals surface area (Å²) in [5.74, 6) is 1.23. The average molecular weight is 425 g/mol. The van der Waals surface area contributed by atoms with Crippen LogP contribution < -0.4 is 14.8 Å². The van der Waals surface area contributed by atoms with Crippen molar-refractivity contribution in [1.82, 2.24) is 9.78 Å². The van der Waals surface area contributed by atoms with E-state index >= 15 is 0 Å². The standard InChI is InChI=1S/C21H21N3O5.C2H6/c1-27-17-9-8-16(12-18(17)28-2)24-19(10-11-22-24)23-21(26)20(29-3)15-6-4-14(13-25)5-7-15;1-2/h4-13,20H,1-3H3,(H,23,26);1-2H3.